The van der Waals surface area contributed by atoms with Crippen LogP contribution < -0.4 is 5.32 Å². The number of pyridine rings is 1. The van der Waals surface area contributed by atoms with E-state index in [-0.39, 0.29) is 6.04 Å². The van der Waals surface area contributed by atoms with Crippen LogP contribution in [0.25, 0.3) is 0 Å². The first-order valence-corrected chi connectivity index (χ1v) is 6.78. The zero-order valence-electron chi connectivity index (χ0n) is 12.1. The van der Waals surface area contributed by atoms with Gasteiger partial charge in [0.05, 0.1) is 17.4 Å². The van der Waals surface area contributed by atoms with Crippen molar-refractivity contribution < 1.29 is 0 Å². The molecule has 0 aromatic carbocycles. The number of likely N-dealkylation sites (N-methyl/N-ethyl adjacent to an activating group) is 1. The lowest BCUT2D eigenvalue weighted by atomic mass is 10.1. The normalized spacial score (nSPS) is 12.6. The van der Waals surface area contributed by atoms with Crippen LogP contribution in [0.1, 0.15) is 35.7 Å². The Morgan fingerprint density at radius 2 is 2.05 bits per heavy atom. The SMILES string of the molecule is CCn1nc(C)cc1CC(NC)c1cccc(C)n1. The van der Waals surface area contributed by atoms with E-state index in [1.54, 1.807) is 0 Å². The van der Waals surface area contributed by atoms with Gasteiger partial charge in [-0.2, -0.15) is 5.10 Å². The largest absolute Gasteiger partial charge is 0.311 e. The van der Waals surface area contributed by atoms with Crippen LogP contribution in [0.3, 0.4) is 0 Å². The third kappa shape index (κ3) is 3.20. The Labute approximate surface area is 114 Å². The van der Waals surface area contributed by atoms with E-state index >= 15 is 0 Å². The summed E-state index contributed by atoms with van der Waals surface area (Å²) in [5, 5.41) is 7.85. The van der Waals surface area contributed by atoms with Gasteiger partial charge in [0, 0.05) is 24.4 Å². The highest BCUT2D eigenvalue weighted by atomic mass is 15.3. The molecular formula is C15H22N4. The van der Waals surface area contributed by atoms with Crippen molar-refractivity contribution in [3.8, 4) is 0 Å². The second-order valence-corrected chi connectivity index (χ2v) is 4.84. The minimum Gasteiger partial charge on any atom is -0.311 e. The molecule has 4 heteroatoms. The van der Waals surface area contributed by atoms with E-state index in [0.29, 0.717) is 0 Å². The molecule has 0 saturated heterocycles. The first-order valence-electron chi connectivity index (χ1n) is 6.78. The standard InChI is InChI=1S/C15H22N4/c1-5-19-13(9-12(3)18-19)10-15(16-4)14-8-6-7-11(2)17-14/h6-9,15-16H,5,10H2,1-4H3. The Morgan fingerprint density at radius 1 is 1.26 bits per heavy atom. The Balaban J connectivity index is 2.23. The molecule has 2 rings (SSSR count). The van der Waals surface area contributed by atoms with Gasteiger partial charge in [-0.25, -0.2) is 0 Å². The zero-order valence-corrected chi connectivity index (χ0v) is 12.1. The lowest BCUT2D eigenvalue weighted by Gasteiger charge is -2.16. The predicted octanol–water partition coefficient (Wildman–Crippen LogP) is 2.42. The molecule has 0 bridgehead atoms. The molecule has 1 unspecified atom stereocenters. The zero-order chi connectivity index (χ0) is 13.8. The van der Waals surface area contributed by atoms with Gasteiger partial charge < -0.3 is 5.32 Å². The monoisotopic (exact) mass is 258 g/mol. The maximum atomic E-state index is 4.61. The summed E-state index contributed by atoms with van der Waals surface area (Å²) in [6, 6.07) is 8.54. The summed E-state index contributed by atoms with van der Waals surface area (Å²) in [5.74, 6) is 0. The molecule has 2 heterocycles. The van der Waals surface area contributed by atoms with Crippen LogP contribution in [-0.2, 0) is 13.0 Å². The van der Waals surface area contributed by atoms with Crippen molar-refractivity contribution in [3.05, 3.63) is 47.0 Å². The topological polar surface area (TPSA) is 42.7 Å². The number of rotatable bonds is 5. The Bertz CT molecular complexity index is 545. The molecular weight excluding hydrogens is 236 g/mol. The molecule has 1 atom stereocenters. The number of nitrogens with zero attached hydrogens (tertiary/aromatic N) is 3. The lowest BCUT2D eigenvalue weighted by Crippen LogP contribution is -2.21. The van der Waals surface area contributed by atoms with Gasteiger partial charge >= 0.3 is 0 Å². The third-order valence-corrected chi connectivity index (χ3v) is 3.31. The number of aromatic nitrogens is 3. The molecule has 0 amide bonds. The van der Waals surface area contributed by atoms with Crippen LogP contribution in [0.2, 0.25) is 0 Å². The molecule has 4 nitrogen and oxygen atoms in total. The number of hydrogen-bond acceptors (Lipinski definition) is 3. The van der Waals surface area contributed by atoms with Gasteiger partial charge in [-0.3, -0.25) is 9.67 Å². The summed E-state index contributed by atoms with van der Waals surface area (Å²) < 4.78 is 2.06. The highest BCUT2D eigenvalue weighted by Crippen LogP contribution is 2.17. The van der Waals surface area contributed by atoms with Gasteiger partial charge in [-0.15, -0.1) is 0 Å². The maximum absolute atomic E-state index is 4.61. The molecule has 2 aromatic heterocycles. The Morgan fingerprint density at radius 3 is 2.68 bits per heavy atom. The quantitative estimate of drug-likeness (QED) is 0.895. The van der Waals surface area contributed by atoms with Crippen LogP contribution >= 0.6 is 0 Å². The molecule has 0 aliphatic rings. The number of aryl methyl sites for hydroxylation is 3. The van der Waals surface area contributed by atoms with E-state index in [0.717, 1.165) is 30.0 Å². The van der Waals surface area contributed by atoms with Gasteiger partial charge in [0.2, 0.25) is 0 Å². The van der Waals surface area contributed by atoms with Crippen LogP contribution in [0, 0.1) is 13.8 Å². The fraction of sp³-hybridized carbons (Fsp3) is 0.467. The minimum absolute atomic E-state index is 0.223. The Kier molecular flexibility index (Phi) is 4.32. The molecule has 2 aromatic rings. The molecule has 19 heavy (non-hydrogen) atoms. The average Bonchev–Trinajstić information content (AvgIpc) is 2.76. The number of nitrogens with one attached hydrogen (secondary N) is 1. The number of hydrogen-bond donors (Lipinski definition) is 1. The van der Waals surface area contributed by atoms with Crippen LogP contribution in [0.4, 0.5) is 0 Å². The van der Waals surface area contributed by atoms with E-state index in [4.69, 9.17) is 0 Å². The molecule has 0 radical (unpaired) electrons. The van der Waals surface area contributed by atoms with Crippen molar-refractivity contribution in [2.45, 2.75) is 39.8 Å². The fourth-order valence-electron chi connectivity index (χ4n) is 2.36. The fourth-order valence-corrected chi connectivity index (χ4v) is 2.36. The van der Waals surface area contributed by atoms with Crippen molar-refractivity contribution in [2.75, 3.05) is 7.05 Å². The van der Waals surface area contributed by atoms with Gasteiger partial charge in [-0.1, -0.05) is 6.07 Å². The summed E-state index contributed by atoms with van der Waals surface area (Å²) in [6.07, 6.45) is 0.904. The summed E-state index contributed by atoms with van der Waals surface area (Å²) in [7, 11) is 1.98. The summed E-state index contributed by atoms with van der Waals surface area (Å²) in [5.41, 5.74) is 4.47. The van der Waals surface area contributed by atoms with Crippen molar-refractivity contribution in [3.63, 3.8) is 0 Å². The van der Waals surface area contributed by atoms with Gasteiger partial charge in [0.25, 0.3) is 0 Å². The Hall–Kier alpha value is -1.68. The second kappa shape index (κ2) is 5.97. The molecule has 0 saturated carbocycles. The molecule has 0 aliphatic carbocycles. The maximum Gasteiger partial charge on any atom is 0.0596 e. The molecule has 0 aliphatic heterocycles. The van der Waals surface area contributed by atoms with Crippen LogP contribution in [0.15, 0.2) is 24.3 Å². The molecule has 0 fully saturated rings. The average molecular weight is 258 g/mol. The lowest BCUT2D eigenvalue weighted by molar-refractivity contribution is 0.531. The molecule has 1 N–H and O–H groups in total. The highest BCUT2D eigenvalue weighted by Gasteiger charge is 2.15. The third-order valence-electron chi connectivity index (χ3n) is 3.31. The van der Waals surface area contributed by atoms with E-state index in [1.807, 2.05) is 27.0 Å². The first kappa shape index (κ1) is 13.7. The predicted molar refractivity (Wildman–Crippen MR) is 77.1 cm³/mol. The highest BCUT2D eigenvalue weighted by molar-refractivity contribution is 5.18. The van der Waals surface area contributed by atoms with Gasteiger partial charge in [-0.05, 0) is 46.0 Å². The van der Waals surface area contributed by atoms with E-state index in [2.05, 4.69) is 45.2 Å². The van der Waals surface area contributed by atoms with Crippen molar-refractivity contribution in [2.24, 2.45) is 0 Å². The van der Waals surface area contributed by atoms with Gasteiger partial charge in [0.1, 0.15) is 0 Å². The molecule has 0 spiro atoms. The van der Waals surface area contributed by atoms with Crippen molar-refractivity contribution >= 4 is 0 Å². The summed E-state index contributed by atoms with van der Waals surface area (Å²) in [4.78, 5) is 4.61. The van der Waals surface area contributed by atoms with Crippen LogP contribution in [0.5, 0.6) is 0 Å². The van der Waals surface area contributed by atoms with Crippen molar-refractivity contribution in [1.82, 2.24) is 20.1 Å². The van der Waals surface area contributed by atoms with Gasteiger partial charge in [0.15, 0.2) is 0 Å². The van der Waals surface area contributed by atoms with E-state index < -0.39 is 0 Å². The molecule has 102 valence electrons. The van der Waals surface area contributed by atoms with Crippen molar-refractivity contribution in [1.29, 1.82) is 0 Å². The van der Waals surface area contributed by atoms with Crippen LogP contribution in [-0.4, -0.2) is 21.8 Å². The minimum atomic E-state index is 0.223. The van der Waals surface area contributed by atoms with E-state index in [9.17, 15) is 0 Å². The summed E-state index contributed by atoms with van der Waals surface area (Å²) in [6.45, 7) is 7.09. The smallest absolute Gasteiger partial charge is 0.0596 e. The van der Waals surface area contributed by atoms with E-state index in [1.165, 1.54) is 5.69 Å². The summed E-state index contributed by atoms with van der Waals surface area (Å²) >= 11 is 0. The second-order valence-electron chi connectivity index (χ2n) is 4.84. The first-order chi connectivity index (χ1) is 9.13.